The summed E-state index contributed by atoms with van der Waals surface area (Å²) in [5.74, 6) is 0. The van der Waals surface area contributed by atoms with Crippen LogP contribution in [0, 0.1) is 0 Å². The fourth-order valence-corrected chi connectivity index (χ4v) is 3.50. The minimum absolute atomic E-state index is 0.171. The SMILES string of the molecule is CCCNCC(C)S(=O)(=O)NC(C)c1ccsc1. The summed E-state index contributed by atoms with van der Waals surface area (Å²) in [7, 11) is -3.27. The average Bonchev–Trinajstić information content (AvgIpc) is 2.82. The normalized spacial score (nSPS) is 15.5. The Morgan fingerprint density at radius 3 is 2.67 bits per heavy atom. The molecule has 1 aromatic heterocycles. The molecule has 4 nitrogen and oxygen atoms in total. The first-order valence-electron chi connectivity index (χ1n) is 6.21. The highest BCUT2D eigenvalue weighted by atomic mass is 32.2. The molecule has 0 aliphatic heterocycles. The lowest BCUT2D eigenvalue weighted by molar-refractivity contribution is 0.545. The van der Waals surface area contributed by atoms with Gasteiger partial charge in [0.1, 0.15) is 0 Å². The number of hydrogen-bond acceptors (Lipinski definition) is 4. The Labute approximate surface area is 114 Å². The van der Waals surface area contributed by atoms with Crippen LogP contribution in [-0.4, -0.2) is 26.8 Å². The zero-order valence-corrected chi connectivity index (χ0v) is 12.8. The maximum absolute atomic E-state index is 12.1. The molecule has 0 amide bonds. The molecule has 0 saturated heterocycles. The maximum Gasteiger partial charge on any atom is 0.216 e. The molecule has 0 spiro atoms. The van der Waals surface area contributed by atoms with Gasteiger partial charge in [0.2, 0.25) is 10.0 Å². The maximum atomic E-state index is 12.1. The van der Waals surface area contributed by atoms with Crippen LogP contribution in [0.1, 0.15) is 38.8 Å². The van der Waals surface area contributed by atoms with E-state index < -0.39 is 15.3 Å². The zero-order valence-electron chi connectivity index (χ0n) is 11.1. The predicted octanol–water partition coefficient (Wildman–Crippen LogP) is 2.12. The second-order valence-corrected chi connectivity index (χ2v) is 7.37. The molecule has 6 heteroatoms. The first kappa shape index (κ1) is 15.6. The Morgan fingerprint density at radius 1 is 1.39 bits per heavy atom. The third kappa shape index (κ3) is 4.68. The lowest BCUT2D eigenvalue weighted by Gasteiger charge is -2.18. The fourth-order valence-electron chi connectivity index (χ4n) is 1.54. The minimum atomic E-state index is -3.27. The fraction of sp³-hybridized carbons (Fsp3) is 0.667. The largest absolute Gasteiger partial charge is 0.315 e. The van der Waals surface area contributed by atoms with Crippen molar-refractivity contribution in [1.29, 1.82) is 0 Å². The van der Waals surface area contributed by atoms with Crippen molar-refractivity contribution >= 4 is 21.4 Å². The van der Waals surface area contributed by atoms with Crippen molar-refractivity contribution in [2.75, 3.05) is 13.1 Å². The molecule has 0 fully saturated rings. The molecule has 1 aromatic rings. The summed E-state index contributed by atoms with van der Waals surface area (Å²) in [6.45, 7) is 6.99. The van der Waals surface area contributed by atoms with Gasteiger partial charge in [-0.2, -0.15) is 11.3 Å². The molecule has 1 rings (SSSR count). The van der Waals surface area contributed by atoms with E-state index in [1.807, 2.05) is 23.8 Å². The first-order valence-corrected chi connectivity index (χ1v) is 8.70. The quantitative estimate of drug-likeness (QED) is 0.721. The lowest BCUT2D eigenvalue weighted by atomic mass is 10.2. The summed E-state index contributed by atoms with van der Waals surface area (Å²) in [5, 5.41) is 6.62. The van der Waals surface area contributed by atoms with Crippen molar-refractivity contribution in [3.63, 3.8) is 0 Å². The average molecular weight is 290 g/mol. The van der Waals surface area contributed by atoms with Gasteiger partial charge in [0.25, 0.3) is 0 Å². The van der Waals surface area contributed by atoms with Crippen molar-refractivity contribution in [1.82, 2.24) is 10.0 Å². The van der Waals surface area contributed by atoms with Crippen LogP contribution in [0.4, 0.5) is 0 Å². The summed E-state index contributed by atoms with van der Waals surface area (Å²) in [6, 6.07) is 1.77. The van der Waals surface area contributed by atoms with E-state index >= 15 is 0 Å². The monoisotopic (exact) mass is 290 g/mol. The van der Waals surface area contributed by atoms with Crippen LogP contribution in [0.15, 0.2) is 16.8 Å². The van der Waals surface area contributed by atoms with Gasteiger partial charge in [-0.05, 0) is 49.2 Å². The van der Waals surface area contributed by atoms with Gasteiger partial charge in [0.15, 0.2) is 0 Å². The Hall–Kier alpha value is -0.430. The molecule has 2 unspecified atom stereocenters. The van der Waals surface area contributed by atoms with Gasteiger partial charge in [0, 0.05) is 12.6 Å². The van der Waals surface area contributed by atoms with Gasteiger partial charge >= 0.3 is 0 Å². The van der Waals surface area contributed by atoms with Crippen LogP contribution in [-0.2, 0) is 10.0 Å². The molecule has 104 valence electrons. The zero-order chi connectivity index (χ0) is 13.6. The van der Waals surface area contributed by atoms with E-state index in [9.17, 15) is 8.42 Å². The Kier molecular flexibility index (Phi) is 6.28. The summed E-state index contributed by atoms with van der Waals surface area (Å²) >= 11 is 1.57. The van der Waals surface area contributed by atoms with E-state index in [0.717, 1.165) is 18.5 Å². The van der Waals surface area contributed by atoms with Crippen LogP contribution in [0.2, 0.25) is 0 Å². The standard InChI is InChI=1S/C12H22N2O2S2/c1-4-6-13-8-10(2)18(15,16)14-11(3)12-5-7-17-9-12/h5,7,9-11,13-14H,4,6,8H2,1-3H3. The highest BCUT2D eigenvalue weighted by Crippen LogP contribution is 2.17. The van der Waals surface area contributed by atoms with Crippen LogP contribution in [0.3, 0.4) is 0 Å². The lowest BCUT2D eigenvalue weighted by Crippen LogP contribution is -2.40. The van der Waals surface area contributed by atoms with Gasteiger partial charge in [-0.25, -0.2) is 13.1 Å². The van der Waals surface area contributed by atoms with Gasteiger partial charge in [-0.3, -0.25) is 0 Å². The third-order valence-electron chi connectivity index (χ3n) is 2.77. The van der Waals surface area contributed by atoms with E-state index in [2.05, 4.69) is 17.0 Å². The second kappa shape index (κ2) is 7.23. The molecule has 2 N–H and O–H groups in total. The van der Waals surface area contributed by atoms with E-state index in [4.69, 9.17) is 0 Å². The highest BCUT2D eigenvalue weighted by molar-refractivity contribution is 7.90. The number of rotatable bonds is 8. The summed E-state index contributed by atoms with van der Waals surface area (Å²) < 4.78 is 26.9. The molecule has 1 heterocycles. The topological polar surface area (TPSA) is 58.2 Å². The predicted molar refractivity (Wildman–Crippen MR) is 77.4 cm³/mol. The van der Waals surface area contributed by atoms with Crippen molar-refractivity contribution in [2.24, 2.45) is 0 Å². The van der Waals surface area contributed by atoms with Gasteiger partial charge in [-0.1, -0.05) is 6.92 Å². The number of hydrogen-bond donors (Lipinski definition) is 2. The molecule has 0 aliphatic carbocycles. The number of nitrogens with one attached hydrogen (secondary N) is 2. The molecular formula is C12H22N2O2S2. The molecule has 2 atom stereocenters. The molecule has 18 heavy (non-hydrogen) atoms. The van der Waals surface area contributed by atoms with E-state index in [-0.39, 0.29) is 6.04 Å². The van der Waals surface area contributed by atoms with Crippen molar-refractivity contribution < 1.29 is 8.42 Å². The number of thiophene rings is 1. The molecule has 0 radical (unpaired) electrons. The van der Waals surface area contributed by atoms with E-state index in [1.165, 1.54) is 0 Å². The summed E-state index contributed by atoms with van der Waals surface area (Å²) in [6.07, 6.45) is 1.01. The highest BCUT2D eigenvalue weighted by Gasteiger charge is 2.22. The Balaban J connectivity index is 2.53. The van der Waals surface area contributed by atoms with Crippen LogP contribution < -0.4 is 10.0 Å². The van der Waals surface area contributed by atoms with Crippen LogP contribution >= 0.6 is 11.3 Å². The minimum Gasteiger partial charge on any atom is -0.315 e. The van der Waals surface area contributed by atoms with Crippen LogP contribution in [0.25, 0.3) is 0 Å². The molecule has 0 saturated carbocycles. The first-order chi connectivity index (χ1) is 8.47. The van der Waals surface area contributed by atoms with Crippen molar-refractivity contribution in [3.05, 3.63) is 22.4 Å². The number of sulfonamides is 1. The Morgan fingerprint density at radius 2 is 2.11 bits per heavy atom. The van der Waals surface area contributed by atoms with Gasteiger partial charge in [0.05, 0.1) is 5.25 Å². The van der Waals surface area contributed by atoms with Crippen LogP contribution in [0.5, 0.6) is 0 Å². The van der Waals surface area contributed by atoms with Gasteiger partial charge < -0.3 is 5.32 Å². The summed E-state index contributed by atoms with van der Waals surface area (Å²) in [4.78, 5) is 0. The smallest absolute Gasteiger partial charge is 0.216 e. The third-order valence-corrected chi connectivity index (χ3v) is 5.38. The molecule has 0 bridgehead atoms. The van der Waals surface area contributed by atoms with E-state index in [0.29, 0.717) is 6.54 Å². The molecular weight excluding hydrogens is 268 g/mol. The van der Waals surface area contributed by atoms with Gasteiger partial charge in [-0.15, -0.1) is 0 Å². The van der Waals surface area contributed by atoms with Crippen molar-refractivity contribution in [3.8, 4) is 0 Å². The second-order valence-electron chi connectivity index (χ2n) is 4.46. The Bertz CT molecular complexity index is 429. The molecule has 0 aromatic carbocycles. The summed E-state index contributed by atoms with van der Waals surface area (Å²) in [5.41, 5.74) is 1.01. The molecule has 0 aliphatic rings. The van der Waals surface area contributed by atoms with Crippen molar-refractivity contribution in [2.45, 2.75) is 38.5 Å². The van der Waals surface area contributed by atoms with E-state index in [1.54, 1.807) is 18.3 Å².